The fourth-order valence-electron chi connectivity index (χ4n) is 1.87. The molecular weight excluding hydrogens is 290 g/mol. The number of anilines is 1. The van der Waals surface area contributed by atoms with Gasteiger partial charge in [0.2, 0.25) is 0 Å². The lowest BCUT2D eigenvalue weighted by atomic mass is 10.1. The Balaban J connectivity index is 2.21. The zero-order valence-corrected chi connectivity index (χ0v) is 12.7. The van der Waals surface area contributed by atoms with Gasteiger partial charge in [-0.05, 0) is 18.6 Å². The number of ether oxygens (including phenoxy) is 2. The zero-order valence-electron chi connectivity index (χ0n) is 11.9. The second kappa shape index (κ2) is 6.49. The number of hydrogen-bond acceptors (Lipinski definition) is 5. The van der Waals surface area contributed by atoms with Crippen molar-refractivity contribution in [1.82, 2.24) is 0 Å². The third-order valence-corrected chi connectivity index (χ3v) is 4.20. The SMILES string of the molecule is CCc1ccc(COc2cc(C(=O)O)c(N)cc2OC)s1. The number of methoxy groups -OCH3 is 1. The van der Waals surface area contributed by atoms with Crippen LogP contribution in [0.25, 0.3) is 0 Å². The van der Waals surface area contributed by atoms with Crippen molar-refractivity contribution in [2.45, 2.75) is 20.0 Å². The van der Waals surface area contributed by atoms with Gasteiger partial charge in [0.1, 0.15) is 6.61 Å². The molecule has 3 N–H and O–H groups in total. The molecule has 0 spiro atoms. The van der Waals surface area contributed by atoms with Crippen molar-refractivity contribution in [3.8, 4) is 11.5 Å². The summed E-state index contributed by atoms with van der Waals surface area (Å²) in [6, 6.07) is 6.92. The summed E-state index contributed by atoms with van der Waals surface area (Å²) in [5.41, 5.74) is 5.84. The Labute approximate surface area is 126 Å². The number of benzene rings is 1. The molecule has 0 aliphatic heterocycles. The number of aromatic carboxylic acids is 1. The van der Waals surface area contributed by atoms with E-state index in [0.717, 1.165) is 11.3 Å². The molecule has 0 aliphatic rings. The molecule has 0 bridgehead atoms. The minimum absolute atomic E-state index is 0.00577. The normalized spacial score (nSPS) is 10.4. The minimum atomic E-state index is -1.09. The fourth-order valence-corrected chi connectivity index (χ4v) is 2.74. The third kappa shape index (κ3) is 3.46. The second-order valence-electron chi connectivity index (χ2n) is 4.41. The lowest BCUT2D eigenvalue weighted by molar-refractivity contribution is 0.0697. The molecule has 21 heavy (non-hydrogen) atoms. The van der Waals surface area contributed by atoms with E-state index >= 15 is 0 Å². The monoisotopic (exact) mass is 307 g/mol. The summed E-state index contributed by atoms with van der Waals surface area (Å²) < 4.78 is 10.9. The van der Waals surface area contributed by atoms with Crippen LogP contribution >= 0.6 is 11.3 Å². The molecule has 112 valence electrons. The molecule has 0 atom stereocenters. The fraction of sp³-hybridized carbons (Fsp3) is 0.267. The van der Waals surface area contributed by atoms with E-state index in [9.17, 15) is 4.79 Å². The van der Waals surface area contributed by atoms with Crippen LogP contribution in [0.15, 0.2) is 24.3 Å². The second-order valence-corrected chi connectivity index (χ2v) is 5.66. The Kier molecular flexibility index (Phi) is 4.70. The molecule has 0 saturated carbocycles. The predicted molar refractivity (Wildman–Crippen MR) is 82.4 cm³/mol. The molecule has 0 radical (unpaired) electrons. The highest BCUT2D eigenvalue weighted by Crippen LogP contribution is 2.33. The molecule has 0 aliphatic carbocycles. The average molecular weight is 307 g/mol. The topological polar surface area (TPSA) is 81.8 Å². The van der Waals surface area contributed by atoms with Crippen molar-refractivity contribution in [3.05, 3.63) is 39.6 Å². The highest BCUT2D eigenvalue weighted by molar-refractivity contribution is 7.11. The van der Waals surface area contributed by atoms with E-state index in [1.807, 2.05) is 6.07 Å². The average Bonchev–Trinajstić information content (AvgIpc) is 2.93. The number of carboxylic acids is 1. The quantitative estimate of drug-likeness (QED) is 0.801. The molecule has 6 heteroatoms. The lowest BCUT2D eigenvalue weighted by Crippen LogP contribution is -2.05. The molecule has 0 fully saturated rings. The number of hydrogen-bond donors (Lipinski definition) is 2. The van der Waals surface area contributed by atoms with Gasteiger partial charge in [-0.1, -0.05) is 6.92 Å². The number of thiophene rings is 1. The van der Waals surface area contributed by atoms with E-state index < -0.39 is 5.97 Å². The molecular formula is C15H17NO4S. The van der Waals surface area contributed by atoms with Crippen LogP contribution in [0.1, 0.15) is 27.0 Å². The van der Waals surface area contributed by atoms with Crippen molar-refractivity contribution < 1.29 is 19.4 Å². The Morgan fingerprint density at radius 2 is 2.00 bits per heavy atom. The zero-order chi connectivity index (χ0) is 15.4. The van der Waals surface area contributed by atoms with Gasteiger partial charge in [0.25, 0.3) is 0 Å². The van der Waals surface area contributed by atoms with Gasteiger partial charge in [0.05, 0.1) is 18.4 Å². The van der Waals surface area contributed by atoms with Crippen LogP contribution in [0.4, 0.5) is 5.69 Å². The maximum absolute atomic E-state index is 11.1. The highest BCUT2D eigenvalue weighted by Gasteiger charge is 2.15. The van der Waals surface area contributed by atoms with Crippen LogP contribution in [0.3, 0.4) is 0 Å². The van der Waals surface area contributed by atoms with E-state index in [1.165, 1.54) is 24.1 Å². The maximum Gasteiger partial charge on any atom is 0.337 e. The third-order valence-electron chi connectivity index (χ3n) is 3.00. The van der Waals surface area contributed by atoms with Crippen LogP contribution in [-0.2, 0) is 13.0 Å². The van der Waals surface area contributed by atoms with Crippen LogP contribution in [0, 0.1) is 0 Å². The number of nitrogens with two attached hydrogens (primary N) is 1. The first-order valence-corrected chi connectivity index (χ1v) is 7.28. The Bertz CT molecular complexity index is 651. The van der Waals surface area contributed by atoms with Crippen LogP contribution < -0.4 is 15.2 Å². The molecule has 1 aromatic heterocycles. The summed E-state index contributed by atoms with van der Waals surface area (Å²) in [7, 11) is 1.49. The number of aryl methyl sites for hydroxylation is 1. The van der Waals surface area contributed by atoms with Gasteiger partial charge in [0.15, 0.2) is 11.5 Å². The molecule has 5 nitrogen and oxygen atoms in total. The predicted octanol–water partition coefficient (Wildman–Crippen LogP) is 3.18. The lowest BCUT2D eigenvalue weighted by Gasteiger charge is -2.12. The van der Waals surface area contributed by atoms with E-state index in [0.29, 0.717) is 18.1 Å². The molecule has 1 heterocycles. The van der Waals surface area contributed by atoms with Crippen LogP contribution in [-0.4, -0.2) is 18.2 Å². The van der Waals surface area contributed by atoms with E-state index in [-0.39, 0.29) is 11.3 Å². The summed E-state index contributed by atoms with van der Waals surface area (Å²) in [5, 5.41) is 9.10. The summed E-state index contributed by atoms with van der Waals surface area (Å²) in [6.07, 6.45) is 0.985. The first-order chi connectivity index (χ1) is 10.0. The Hall–Kier alpha value is -2.21. The molecule has 1 aromatic carbocycles. The smallest absolute Gasteiger partial charge is 0.337 e. The van der Waals surface area contributed by atoms with Gasteiger partial charge < -0.3 is 20.3 Å². The van der Waals surface area contributed by atoms with E-state index in [2.05, 4.69) is 13.0 Å². The van der Waals surface area contributed by atoms with Gasteiger partial charge in [-0.2, -0.15) is 0 Å². The first kappa shape index (κ1) is 15.2. The van der Waals surface area contributed by atoms with Crippen molar-refractivity contribution >= 4 is 23.0 Å². The van der Waals surface area contributed by atoms with Crippen LogP contribution in [0.2, 0.25) is 0 Å². The van der Waals surface area contributed by atoms with Gasteiger partial charge in [-0.25, -0.2) is 4.79 Å². The maximum atomic E-state index is 11.1. The van der Waals surface area contributed by atoms with Gasteiger partial charge >= 0.3 is 5.97 Å². The molecule has 2 aromatic rings. The molecule has 0 saturated heterocycles. The van der Waals surface area contributed by atoms with E-state index in [1.54, 1.807) is 11.3 Å². The molecule has 0 unspecified atom stereocenters. The first-order valence-electron chi connectivity index (χ1n) is 6.46. The Morgan fingerprint density at radius 1 is 1.29 bits per heavy atom. The largest absolute Gasteiger partial charge is 0.493 e. The summed E-state index contributed by atoms with van der Waals surface area (Å²) in [4.78, 5) is 13.5. The Morgan fingerprint density at radius 3 is 2.57 bits per heavy atom. The van der Waals surface area contributed by atoms with Gasteiger partial charge in [0, 0.05) is 21.9 Å². The number of carboxylic acid groups (broad SMARTS) is 1. The van der Waals surface area contributed by atoms with Crippen molar-refractivity contribution in [1.29, 1.82) is 0 Å². The van der Waals surface area contributed by atoms with Gasteiger partial charge in [-0.3, -0.25) is 0 Å². The number of nitrogen functional groups attached to an aromatic ring is 1. The minimum Gasteiger partial charge on any atom is -0.493 e. The van der Waals surface area contributed by atoms with E-state index in [4.69, 9.17) is 20.3 Å². The summed E-state index contributed by atoms with van der Waals surface area (Å²) in [6.45, 7) is 2.46. The summed E-state index contributed by atoms with van der Waals surface area (Å²) in [5.74, 6) is -0.301. The van der Waals surface area contributed by atoms with Crippen molar-refractivity contribution in [2.75, 3.05) is 12.8 Å². The van der Waals surface area contributed by atoms with Crippen molar-refractivity contribution in [3.63, 3.8) is 0 Å². The van der Waals surface area contributed by atoms with Crippen molar-refractivity contribution in [2.24, 2.45) is 0 Å². The number of rotatable bonds is 6. The molecule has 2 rings (SSSR count). The summed E-state index contributed by atoms with van der Waals surface area (Å²) >= 11 is 1.67. The number of carbonyl (C=O) groups is 1. The molecule has 0 amide bonds. The standard InChI is InChI=1S/C15H17NO4S/c1-3-9-4-5-10(21-9)8-20-14-6-11(15(17)18)12(16)7-13(14)19-2/h4-7H,3,8,16H2,1-2H3,(H,17,18). The highest BCUT2D eigenvalue weighted by atomic mass is 32.1. The van der Waals surface area contributed by atoms with Gasteiger partial charge in [-0.15, -0.1) is 11.3 Å². The van der Waals surface area contributed by atoms with Crippen LogP contribution in [0.5, 0.6) is 11.5 Å².